The Morgan fingerprint density at radius 3 is 2.77 bits per heavy atom. The average molecular weight is 430 g/mol. The lowest BCUT2D eigenvalue weighted by Crippen LogP contribution is -2.11. The maximum Gasteiger partial charge on any atom is 0.238 e. The highest BCUT2D eigenvalue weighted by atomic mass is 32.2. The summed E-state index contributed by atoms with van der Waals surface area (Å²) in [5, 5.41) is 19.3. The van der Waals surface area contributed by atoms with Gasteiger partial charge in [0.15, 0.2) is 0 Å². The van der Waals surface area contributed by atoms with E-state index in [1.807, 2.05) is 31.3 Å². The number of aromatic amines is 1. The van der Waals surface area contributed by atoms with Crippen molar-refractivity contribution < 1.29 is 8.42 Å². The predicted octanol–water partition coefficient (Wildman–Crippen LogP) is 4.30. The van der Waals surface area contributed by atoms with E-state index in [9.17, 15) is 13.7 Å². The second-order valence-corrected chi connectivity index (χ2v) is 8.58. The number of rotatable bonds is 5. The molecule has 0 saturated carbocycles. The van der Waals surface area contributed by atoms with Crippen LogP contribution in [-0.4, -0.2) is 18.4 Å². The lowest BCUT2D eigenvalue weighted by atomic mass is 10.1. The zero-order chi connectivity index (χ0) is 22.0. The summed E-state index contributed by atoms with van der Waals surface area (Å²) in [4.78, 5) is 7.38. The van der Waals surface area contributed by atoms with Crippen LogP contribution in [0.2, 0.25) is 0 Å². The van der Waals surface area contributed by atoms with Crippen molar-refractivity contribution in [2.75, 3.05) is 5.32 Å². The number of sulfonamides is 1. The lowest BCUT2D eigenvalue weighted by molar-refractivity contribution is 0.598. The first-order chi connectivity index (χ1) is 14.9. The van der Waals surface area contributed by atoms with E-state index in [2.05, 4.69) is 21.4 Å². The number of nitrogens with one attached hydrogen (secondary N) is 2. The predicted molar refractivity (Wildman–Crippen MR) is 122 cm³/mol. The molecule has 0 aliphatic carbocycles. The monoisotopic (exact) mass is 429 g/mol. The molecule has 2 heterocycles. The average Bonchev–Trinajstić information content (AvgIpc) is 3.24. The molecule has 7 nitrogen and oxygen atoms in total. The summed E-state index contributed by atoms with van der Waals surface area (Å²) < 4.78 is 23.2. The first kappa shape index (κ1) is 20.3. The number of H-pyrrole nitrogens is 1. The Labute approximate surface area is 179 Å². The number of hydrogen-bond donors (Lipinski definition) is 3. The fourth-order valence-electron chi connectivity index (χ4n) is 3.36. The smallest absolute Gasteiger partial charge is 0.238 e. The van der Waals surface area contributed by atoms with Crippen molar-refractivity contribution in [3.05, 3.63) is 83.3 Å². The van der Waals surface area contributed by atoms with Crippen LogP contribution in [0.15, 0.2) is 66.0 Å². The minimum Gasteiger partial charge on any atom is -0.361 e. The van der Waals surface area contributed by atoms with Crippen molar-refractivity contribution in [3.8, 4) is 6.07 Å². The number of pyridine rings is 1. The molecule has 4 rings (SSSR count). The molecule has 0 spiro atoms. The number of aromatic nitrogens is 2. The van der Waals surface area contributed by atoms with Gasteiger partial charge in [-0.2, -0.15) is 5.26 Å². The summed E-state index contributed by atoms with van der Waals surface area (Å²) in [6.45, 7) is 2.01. The fourth-order valence-corrected chi connectivity index (χ4v) is 3.93. The summed E-state index contributed by atoms with van der Waals surface area (Å²) in [5.74, 6) is 0. The van der Waals surface area contributed by atoms with Gasteiger partial charge in [0.2, 0.25) is 10.0 Å². The molecule has 0 amide bonds. The molecule has 0 fully saturated rings. The Kier molecular flexibility index (Phi) is 5.29. The van der Waals surface area contributed by atoms with Crippen LogP contribution in [-0.2, 0) is 10.0 Å². The number of nitrogens with zero attached hydrogens (tertiary/aromatic N) is 2. The number of nitriles is 1. The first-order valence-corrected chi connectivity index (χ1v) is 10.9. The molecular weight excluding hydrogens is 410 g/mol. The normalized spacial score (nSPS) is 11.6. The Morgan fingerprint density at radius 1 is 1.16 bits per heavy atom. The molecule has 31 heavy (non-hydrogen) atoms. The maximum atomic E-state index is 11.6. The lowest BCUT2D eigenvalue weighted by Gasteiger charge is -2.14. The molecule has 2 aromatic heterocycles. The molecule has 0 aliphatic heterocycles. The van der Waals surface area contributed by atoms with Crippen LogP contribution in [0.25, 0.3) is 23.1 Å². The number of hydrogen-bond acceptors (Lipinski definition) is 5. The number of anilines is 2. The number of aryl methyl sites for hydroxylation is 1. The fraction of sp³-hybridized carbons (Fsp3) is 0.0435. The van der Waals surface area contributed by atoms with Gasteiger partial charge in [0.05, 0.1) is 16.1 Å². The topological polar surface area (TPSA) is 125 Å². The summed E-state index contributed by atoms with van der Waals surface area (Å²) in [6.07, 6.45) is 8.57. The second-order valence-electron chi connectivity index (χ2n) is 7.02. The molecule has 0 bridgehead atoms. The highest BCUT2D eigenvalue weighted by Gasteiger charge is 2.11. The Balaban J connectivity index is 1.74. The van der Waals surface area contributed by atoms with Crippen LogP contribution in [0.5, 0.6) is 0 Å². The van der Waals surface area contributed by atoms with Crippen molar-refractivity contribution in [2.24, 2.45) is 5.14 Å². The Bertz CT molecular complexity index is 1460. The number of primary sulfonamides is 1. The van der Waals surface area contributed by atoms with Gasteiger partial charge >= 0.3 is 0 Å². The molecule has 0 saturated heterocycles. The molecular formula is C23H19N5O2S. The minimum absolute atomic E-state index is 0.0346. The van der Waals surface area contributed by atoms with Gasteiger partial charge in [-0.15, -0.1) is 0 Å². The molecule has 0 unspecified atom stereocenters. The number of fused-ring (bicyclic) bond motifs is 1. The van der Waals surface area contributed by atoms with Crippen LogP contribution < -0.4 is 10.5 Å². The second kappa shape index (κ2) is 8.07. The zero-order valence-corrected chi connectivity index (χ0v) is 17.4. The van der Waals surface area contributed by atoms with Crippen LogP contribution in [0.1, 0.15) is 22.3 Å². The van der Waals surface area contributed by atoms with Gasteiger partial charge in [0.1, 0.15) is 6.07 Å². The molecule has 4 N–H and O–H groups in total. The number of nitrogens with two attached hydrogens (primary N) is 1. The standard InChI is InChI=1S/C23H19N5O2S/c1-15-20-9-10-27-22(20)8-7-21(15)28-23-17(13-26-14-18(23)12-24)6-5-16-3-2-4-19(11-16)31(25,29)30/h2-11,13-14,27H,1H3,(H,26,28)(H2,25,29,30)/b6-5+. The van der Waals surface area contributed by atoms with Crippen molar-refractivity contribution in [2.45, 2.75) is 11.8 Å². The van der Waals surface area contributed by atoms with Gasteiger partial charge in [-0.25, -0.2) is 13.6 Å². The van der Waals surface area contributed by atoms with E-state index < -0.39 is 10.0 Å². The Morgan fingerprint density at radius 2 is 2.00 bits per heavy atom. The third-order valence-corrected chi connectivity index (χ3v) is 5.91. The summed E-state index contributed by atoms with van der Waals surface area (Å²) >= 11 is 0. The minimum atomic E-state index is -3.79. The SMILES string of the molecule is Cc1c(Nc2c(C#N)cncc2/C=C/c2cccc(S(N)(=O)=O)c2)ccc2[nH]ccc12. The van der Waals surface area contributed by atoms with Gasteiger partial charge in [-0.1, -0.05) is 24.3 Å². The van der Waals surface area contributed by atoms with Gasteiger partial charge in [0.25, 0.3) is 0 Å². The largest absolute Gasteiger partial charge is 0.361 e. The third-order valence-electron chi connectivity index (χ3n) is 5.00. The van der Waals surface area contributed by atoms with Crippen LogP contribution in [0.4, 0.5) is 11.4 Å². The van der Waals surface area contributed by atoms with Gasteiger partial charge < -0.3 is 10.3 Å². The third kappa shape index (κ3) is 4.19. The van der Waals surface area contributed by atoms with E-state index in [1.165, 1.54) is 18.3 Å². The van der Waals surface area contributed by atoms with Crippen LogP contribution in [0.3, 0.4) is 0 Å². The highest BCUT2D eigenvalue weighted by Crippen LogP contribution is 2.31. The summed E-state index contributed by atoms with van der Waals surface area (Å²) in [5.41, 5.74) is 5.32. The van der Waals surface area contributed by atoms with Gasteiger partial charge in [-0.05, 0) is 48.4 Å². The molecule has 8 heteroatoms. The van der Waals surface area contributed by atoms with Crippen LogP contribution >= 0.6 is 0 Å². The van der Waals surface area contributed by atoms with E-state index >= 15 is 0 Å². The molecule has 154 valence electrons. The molecule has 2 aromatic carbocycles. The Hall–Kier alpha value is -3.93. The molecule has 4 aromatic rings. The molecule has 0 atom stereocenters. The maximum absolute atomic E-state index is 11.6. The van der Waals surface area contributed by atoms with E-state index in [-0.39, 0.29) is 4.90 Å². The summed E-state index contributed by atoms with van der Waals surface area (Å²) in [7, 11) is -3.79. The van der Waals surface area contributed by atoms with E-state index in [0.717, 1.165) is 22.2 Å². The zero-order valence-electron chi connectivity index (χ0n) is 16.6. The van der Waals surface area contributed by atoms with Gasteiger partial charge in [-0.3, -0.25) is 4.98 Å². The quantitative estimate of drug-likeness (QED) is 0.436. The van der Waals surface area contributed by atoms with E-state index in [4.69, 9.17) is 5.14 Å². The number of benzene rings is 2. The molecule has 0 aliphatic rings. The summed E-state index contributed by atoms with van der Waals surface area (Å²) in [6, 6.07) is 14.4. The first-order valence-electron chi connectivity index (χ1n) is 9.39. The van der Waals surface area contributed by atoms with Crippen molar-refractivity contribution in [1.82, 2.24) is 9.97 Å². The molecule has 0 radical (unpaired) electrons. The van der Waals surface area contributed by atoms with Crippen molar-refractivity contribution in [1.29, 1.82) is 5.26 Å². The van der Waals surface area contributed by atoms with E-state index in [0.29, 0.717) is 22.4 Å². The van der Waals surface area contributed by atoms with Crippen LogP contribution in [0, 0.1) is 18.3 Å². The van der Waals surface area contributed by atoms with Crippen molar-refractivity contribution >= 4 is 44.5 Å². The van der Waals surface area contributed by atoms with Crippen molar-refractivity contribution in [3.63, 3.8) is 0 Å². The van der Waals surface area contributed by atoms with Gasteiger partial charge in [0, 0.05) is 40.7 Å². The van der Waals surface area contributed by atoms with E-state index in [1.54, 1.807) is 30.5 Å². The highest BCUT2D eigenvalue weighted by molar-refractivity contribution is 7.89.